The van der Waals surface area contributed by atoms with Gasteiger partial charge in [-0.2, -0.15) is 5.26 Å². The highest BCUT2D eigenvalue weighted by Gasteiger charge is 2.16. The lowest BCUT2D eigenvalue weighted by Crippen LogP contribution is -2.09. The lowest BCUT2D eigenvalue weighted by molar-refractivity contribution is 0.416. The predicted molar refractivity (Wildman–Crippen MR) is 80.7 cm³/mol. The molecule has 2 N–H and O–H groups in total. The van der Waals surface area contributed by atoms with Crippen LogP contribution in [0.25, 0.3) is 11.4 Å². The van der Waals surface area contributed by atoms with Gasteiger partial charge in [-0.15, -0.1) is 0 Å². The van der Waals surface area contributed by atoms with E-state index in [1.54, 1.807) is 6.20 Å². The molecule has 104 valence electrons. The van der Waals surface area contributed by atoms with Crippen LogP contribution in [-0.4, -0.2) is 9.55 Å². The Hall–Kier alpha value is -2.28. The Labute approximate surface area is 119 Å². The third-order valence-corrected chi connectivity index (χ3v) is 3.39. The van der Waals surface area contributed by atoms with Gasteiger partial charge in [-0.25, -0.2) is 4.98 Å². The van der Waals surface area contributed by atoms with Gasteiger partial charge in [0.15, 0.2) is 0 Å². The summed E-state index contributed by atoms with van der Waals surface area (Å²) in [5.74, 6) is 0.944. The van der Waals surface area contributed by atoms with E-state index in [2.05, 4.69) is 15.6 Å². The van der Waals surface area contributed by atoms with E-state index in [1.807, 2.05) is 44.3 Å². The molecule has 0 aliphatic heterocycles. The highest BCUT2D eigenvalue weighted by atomic mass is 15.1. The van der Waals surface area contributed by atoms with E-state index < -0.39 is 0 Å². The number of rotatable bonds is 5. The standard InChI is InChI=1S/C16H20N4/c1-16(2,12-17)8-3-10-20-11-9-19-15(20)13-4-6-14(18)7-5-13/h4-7,9,11H,3,8,10,18H2,1-2H3. The second kappa shape index (κ2) is 5.79. The molecule has 20 heavy (non-hydrogen) atoms. The van der Waals surface area contributed by atoms with Gasteiger partial charge in [0.05, 0.1) is 11.5 Å². The summed E-state index contributed by atoms with van der Waals surface area (Å²) in [7, 11) is 0. The van der Waals surface area contributed by atoms with Gasteiger partial charge in [-0.1, -0.05) is 0 Å². The van der Waals surface area contributed by atoms with Crippen LogP contribution in [0.2, 0.25) is 0 Å². The van der Waals surface area contributed by atoms with E-state index in [0.29, 0.717) is 0 Å². The molecule has 0 bridgehead atoms. The Morgan fingerprint density at radius 3 is 2.65 bits per heavy atom. The minimum Gasteiger partial charge on any atom is -0.399 e. The highest BCUT2D eigenvalue weighted by molar-refractivity contribution is 5.59. The molecule has 1 aromatic heterocycles. The highest BCUT2D eigenvalue weighted by Crippen LogP contribution is 2.23. The number of nitrogens with zero attached hydrogens (tertiary/aromatic N) is 3. The number of imidazole rings is 1. The molecule has 1 heterocycles. The molecule has 0 spiro atoms. The molecule has 2 aromatic rings. The van der Waals surface area contributed by atoms with Crippen LogP contribution in [0, 0.1) is 16.7 Å². The van der Waals surface area contributed by atoms with Gasteiger partial charge in [0, 0.05) is 30.2 Å². The third-order valence-electron chi connectivity index (χ3n) is 3.39. The molecule has 0 amide bonds. The molecule has 0 saturated carbocycles. The maximum Gasteiger partial charge on any atom is 0.139 e. The van der Waals surface area contributed by atoms with E-state index in [-0.39, 0.29) is 5.41 Å². The van der Waals surface area contributed by atoms with Crippen LogP contribution < -0.4 is 5.73 Å². The molecule has 0 aliphatic rings. The summed E-state index contributed by atoms with van der Waals surface area (Å²) in [6, 6.07) is 10.1. The predicted octanol–water partition coefficient (Wildman–Crippen LogP) is 3.46. The molecule has 0 aliphatic carbocycles. The first-order chi connectivity index (χ1) is 9.52. The zero-order valence-electron chi connectivity index (χ0n) is 12.0. The summed E-state index contributed by atoms with van der Waals surface area (Å²) >= 11 is 0. The zero-order valence-corrected chi connectivity index (χ0v) is 12.0. The summed E-state index contributed by atoms with van der Waals surface area (Å²) in [6.45, 7) is 4.81. The number of aromatic nitrogens is 2. The number of anilines is 1. The number of nitrogen functional groups attached to an aromatic ring is 1. The minimum atomic E-state index is -0.262. The summed E-state index contributed by atoms with van der Waals surface area (Å²) in [5.41, 5.74) is 7.25. The summed E-state index contributed by atoms with van der Waals surface area (Å²) in [6.07, 6.45) is 5.62. The molecule has 0 unspecified atom stereocenters. The first-order valence-electron chi connectivity index (χ1n) is 6.80. The van der Waals surface area contributed by atoms with E-state index in [4.69, 9.17) is 11.0 Å². The average molecular weight is 268 g/mol. The van der Waals surface area contributed by atoms with Gasteiger partial charge in [-0.3, -0.25) is 0 Å². The molecule has 4 nitrogen and oxygen atoms in total. The first kappa shape index (κ1) is 14.1. The van der Waals surface area contributed by atoms with Gasteiger partial charge in [0.1, 0.15) is 5.82 Å². The molecule has 0 fully saturated rings. The van der Waals surface area contributed by atoms with Gasteiger partial charge < -0.3 is 10.3 Å². The maximum atomic E-state index is 9.03. The van der Waals surface area contributed by atoms with Crippen LogP contribution in [0.1, 0.15) is 26.7 Å². The van der Waals surface area contributed by atoms with Crippen molar-refractivity contribution >= 4 is 5.69 Å². The number of hydrogen-bond acceptors (Lipinski definition) is 3. The van der Waals surface area contributed by atoms with Gasteiger partial charge >= 0.3 is 0 Å². The molecular weight excluding hydrogens is 248 g/mol. The van der Waals surface area contributed by atoms with Gasteiger partial charge in [-0.05, 0) is 51.0 Å². The summed E-state index contributed by atoms with van der Waals surface area (Å²) < 4.78 is 2.12. The third kappa shape index (κ3) is 3.39. The molecule has 0 saturated heterocycles. The van der Waals surface area contributed by atoms with Crippen molar-refractivity contribution in [1.29, 1.82) is 5.26 Å². The molecule has 4 heteroatoms. The molecular formula is C16H20N4. The average Bonchev–Trinajstić information content (AvgIpc) is 2.88. The van der Waals surface area contributed by atoms with Crippen LogP contribution in [0.15, 0.2) is 36.7 Å². The van der Waals surface area contributed by atoms with E-state index >= 15 is 0 Å². The van der Waals surface area contributed by atoms with Crippen molar-refractivity contribution in [3.63, 3.8) is 0 Å². The Balaban J connectivity index is 2.06. The lowest BCUT2D eigenvalue weighted by atomic mass is 9.90. The van der Waals surface area contributed by atoms with E-state index in [9.17, 15) is 0 Å². The van der Waals surface area contributed by atoms with Crippen molar-refractivity contribution < 1.29 is 0 Å². The number of hydrogen-bond donors (Lipinski definition) is 1. The molecule has 0 atom stereocenters. The number of benzene rings is 1. The van der Waals surface area contributed by atoms with Crippen molar-refractivity contribution in [2.75, 3.05) is 5.73 Å². The Morgan fingerprint density at radius 1 is 1.30 bits per heavy atom. The van der Waals surface area contributed by atoms with Gasteiger partial charge in [0.2, 0.25) is 0 Å². The monoisotopic (exact) mass is 268 g/mol. The van der Waals surface area contributed by atoms with E-state index in [1.165, 1.54) is 0 Å². The van der Waals surface area contributed by atoms with Crippen LogP contribution in [0.5, 0.6) is 0 Å². The minimum absolute atomic E-state index is 0.262. The Morgan fingerprint density at radius 2 is 2.00 bits per heavy atom. The fourth-order valence-corrected chi connectivity index (χ4v) is 2.13. The molecule has 0 radical (unpaired) electrons. The van der Waals surface area contributed by atoms with Crippen LogP contribution in [0.4, 0.5) is 5.69 Å². The van der Waals surface area contributed by atoms with Gasteiger partial charge in [0.25, 0.3) is 0 Å². The summed E-state index contributed by atoms with van der Waals surface area (Å²) in [5, 5.41) is 9.03. The fourth-order valence-electron chi connectivity index (χ4n) is 2.13. The number of nitrogens with two attached hydrogens (primary N) is 1. The molecule has 2 rings (SSSR count). The fraction of sp³-hybridized carbons (Fsp3) is 0.375. The van der Waals surface area contributed by atoms with Crippen LogP contribution in [-0.2, 0) is 6.54 Å². The first-order valence-corrected chi connectivity index (χ1v) is 6.80. The number of nitriles is 1. The summed E-state index contributed by atoms with van der Waals surface area (Å²) in [4.78, 5) is 4.41. The van der Waals surface area contributed by atoms with Crippen molar-refractivity contribution in [3.8, 4) is 17.5 Å². The molecule has 1 aromatic carbocycles. The quantitative estimate of drug-likeness (QED) is 0.844. The maximum absolute atomic E-state index is 9.03. The topological polar surface area (TPSA) is 67.6 Å². The smallest absolute Gasteiger partial charge is 0.139 e. The second-order valence-corrected chi connectivity index (χ2v) is 5.67. The van der Waals surface area contributed by atoms with Crippen LogP contribution >= 0.6 is 0 Å². The SMILES string of the molecule is CC(C)(C#N)CCCn1ccnc1-c1ccc(N)cc1. The zero-order chi connectivity index (χ0) is 14.6. The van der Waals surface area contributed by atoms with Crippen molar-refractivity contribution in [2.24, 2.45) is 5.41 Å². The number of aryl methyl sites for hydroxylation is 1. The van der Waals surface area contributed by atoms with Crippen LogP contribution in [0.3, 0.4) is 0 Å². The Bertz CT molecular complexity index is 602. The van der Waals surface area contributed by atoms with Crippen molar-refractivity contribution in [2.45, 2.75) is 33.2 Å². The van der Waals surface area contributed by atoms with E-state index in [0.717, 1.165) is 36.5 Å². The lowest BCUT2D eigenvalue weighted by Gasteiger charge is -2.15. The Kier molecular flexibility index (Phi) is 4.09. The largest absolute Gasteiger partial charge is 0.399 e. The second-order valence-electron chi connectivity index (χ2n) is 5.67. The normalized spacial score (nSPS) is 11.2. The van der Waals surface area contributed by atoms with Crippen molar-refractivity contribution in [3.05, 3.63) is 36.7 Å². The van der Waals surface area contributed by atoms with Crippen molar-refractivity contribution in [1.82, 2.24) is 9.55 Å².